The van der Waals surface area contributed by atoms with Crippen LogP contribution < -0.4 is 10.1 Å². The lowest BCUT2D eigenvalue weighted by atomic mass is 9.86. The predicted molar refractivity (Wildman–Crippen MR) is 92.7 cm³/mol. The minimum atomic E-state index is -0.588. The molecule has 0 aliphatic carbocycles. The molecule has 0 saturated carbocycles. The Balaban J connectivity index is 2.61. The highest BCUT2D eigenvalue weighted by atomic mass is 16.5. The van der Waals surface area contributed by atoms with Crippen LogP contribution in [0, 0.1) is 5.92 Å². The molecule has 4 heteroatoms. The van der Waals surface area contributed by atoms with Gasteiger partial charge in [0, 0.05) is 13.5 Å². The fraction of sp³-hybridized carbons (Fsp3) is 0.579. The van der Waals surface area contributed by atoms with E-state index in [1.54, 1.807) is 7.05 Å². The van der Waals surface area contributed by atoms with Crippen LogP contribution >= 0.6 is 0 Å². The monoisotopic (exact) mass is 319 g/mol. The molecule has 4 nitrogen and oxygen atoms in total. The molecule has 0 bridgehead atoms. The van der Waals surface area contributed by atoms with E-state index in [4.69, 9.17) is 4.74 Å². The first kappa shape index (κ1) is 19.2. The van der Waals surface area contributed by atoms with Gasteiger partial charge in [-0.3, -0.25) is 9.59 Å². The van der Waals surface area contributed by atoms with Crippen molar-refractivity contribution in [1.82, 2.24) is 5.32 Å². The molecule has 0 heterocycles. The highest BCUT2D eigenvalue weighted by Gasteiger charge is 2.15. The van der Waals surface area contributed by atoms with Gasteiger partial charge in [0.1, 0.15) is 5.75 Å². The predicted octanol–water partition coefficient (Wildman–Crippen LogP) is 3.70. The lowest BCUT2D eigenvalue weighted by Crippen LogP contribution is -2.23. The first-order chi connectivity index (χ1) is 11.0. The van der Waals surface area contributed by atoms with Crippen molar-refractivity contribution in [3.63, 3.8) is 0 Å². The second kappa shape index (κ2) is 10.0. The van der Waals surface area contributed by atoms with E-state index < -0.39 is 6.10 Å². The molecule has 23 heavy (non-hydrogen) atoms. The Hall–Kier alpha value is -1.84. The lowest BCUT2D eigenvalue weighted by Gasteiger charge is -2.20. The Kier molecular flexibility index (Phi) is 8.38. The molecule has 128 valence electrons. The highest BCUT2D eigenvalue weighted by Crippen LogP contribution is 2.28. The Morgan fingerprint density at radius 1 is 1.22 bits per heavy atom. The van der Waals surface area contributed by atoms with Gasteiger partial charge < -0.3 is 10.1 Å². The second-order valence-electron chi connectivity index (χ2n) is 6.13. The molecule has 0 saturated heterocycles. The third-order valence-electron chi connectivity index (χ3n) is 4.38. The zero-order valence-electron chi connectivity index (χ0n) is 14.7. The van der Waals surface area contributed by atoms with Crippen LogP contribution in [0.25, 0.3) is 0 Å². The number of ether oxygens (including phenoxy) is 1. The Morgan fingerprint density at radius 3 is 2.39 bits per heavy atom. The van der Waals surface area contributed by atoms with Crippen molar-refractivity contribution in [2.45, 2.75) is 58.5 Å². The smallest absolute Gasteiger partial charge is 0.219 e. The number of carbonyl (C=O) groups excluding carboxylic acids is 2. The summed E-state index contributed by atoms with van der Waals surface area (Å²) in [6, 6.07) is 7.93. The minimum absolute atomic E-state index is 0.0884. The van der Waals surface area contributed by atoms with E-state index in [2.05, 4.69) is 38.2 Å². The van der Waals surface area contributed by atoms with E-state index in [0.29, 0.717) is 24.0 Å². The summed E-state index contributed by atoms with van der Waals surface area (Å²) in [7, 11) is 1.58. The van der Waals surface area contributed by atoms with E-state index in [1.807, 2.05) is 12.1 Å². The summed E-state index contributed by atoms with van der Waals surface area (Å²) in [5.41, 5.74) is 1.28. The third-order valence-corrected chi connectivity index (χ3v) is 4.38. The molecule has 0 aliphatic rings. The normalized spacial score (nSPS) is 14.6. The van der Waals surface area contributed by atoms with Crippen LogP contribution in [0.4, 0.5) is 0 Å². The number of benzene rings is 1. The van der Waals surface area contributed by atoms with Gasteiger partial charge in [0.25, 0.3) is 0 Å². The van der Waals surface area contributed by atoms with E-state index in [9.17, 15) is 9.59 Å². The Labute approximate surface area is 139 Å². The van der Waals surface area contributed by atoms with Crippen LogP contribution in [-0.4, -0.2) is 25.3 Å². The summed E-state index contributed by atoms with van der Waals surface area (Å²) in [6.07, 6.45) is 3.24. The quantitative estimate of drug-likeness (QED) is 0.669. The van der Waals surface area contributed by atoms with E-state index in [-0.39, 0.29) is 12.3 Å². The molecule has 1 aromatic rings. The highest BCUT2D eigenvalue weighted by molar-refractivity contribution is 5.76. The molecule has 1 rings (SSSR count). The second-order valence-corrected chi connectivity index (χ2v) is 6.13. The number of aldehydes is 1. The molecule has 3 atom stereocenters. The van der Waals surface area contributed by atoms with Gasteiger partial charge in [-0.15, -0.1) is 0 Å². The van der Waals surface area contributed by atoms with Gasteiger partial charge in [0.2, 0.25) is 5.91 Å². The van der Waals surface area contributed by atoms with Crippen LogP contribution in [0.1, 0.15) is 57.9 Å². The molecule has 0 aromatic heterocycles. The summed E-state index contributed by atoms with van der Waals surface area (Å²) in [6.45, 7) is 6.73. The van der Waals surface area contributed by atoms with Crippen LogP contribution in [-0.2, 0) is 9.59 Å². The Morgan fingerprint density at radius 2 is 1.87 bits per heavy atom. The molecule has 1 aromatic carbocycles. The average Bonchev–Trinajstić information content (AvgIpc) is 2.58. The summed E-state index contributed by atoms with van der Waals surface area (Å²) < 4.78 is 5.65. The molecular weight excluding hydrogens is 290 g/mol. The first-order valence-corrected chi connectivity index (χ1v) is 8.44. The molecule has 1 N–H and O–H groups in total. The van der Waals surface area contributed by atoms with Crippen molar-refractivity contribution >= 4 is 12.2 Å². The number of nitrogens with one attached hydrogen (secondary N) is 1. The fourth-order valence-corrected chi connectivity index (χ4v) is 2.61. The van der Waals surface area contributed by atoms with Gasteiger partial charge in [-0.2, -0.15) is 0 Å². The van der Waals surface area contributed by atoms with E-state index >= 15 is 0 Å². The zero-order valence-corrected chi connectivity index (χ0v) is 14.7. The standard InChI is InChI=1S/C19H29NO3/c1-5-6-14(2)15(3)16-7-9-17(10-8-16)23-18(13-21)11-12-19(22)20-4/h7-10,13-15,18H,5-6,11-12H2,1-4H3,(H,20,22). The molecule has 0 fully saturated rings. The molecule has 0 radical (unpaired) electrons. The minimum Gasteiger partial charge on any atom is -0.483 e. The third kappa shape index (κ3) is 6.43. The SMILES string of the molecule is CCCC(C)C(C)c1ccc(OC(C=O)CCC(=O)NC)cc1. The summed E-state index contributed by atoms with van der Waals surface area (Å²) in [5, 5.41) is 2.54. The number of hydrogen-bond donors (Lipinski definition) is 1. The lowest BCUT2D eigenvalue weighted by molar-refractivity contribution is -0.121. The van der Waals surface area contributed by atoms with Crippen LogP contribution in [0.5, 0.6) is 5.75 Å². The Bertz CT molecular complexity index is 484. The van der Waals surface area contributed by atoms with E-state index in [0.717, 1.165) is 6.29 Å². The molecule has 0 spiro atoms. The van der Waals surface area contributed by atoms with E-state index in [1.165, 1.54) is 18.4 Å². The number of rotatable bonds is 10. The van der Waals surface area contributed by atoms with Crippen molar-refractivity contribution in [3.8, 4) is 5.75 Å². The molecular formula is C19H29NO3. The molecule has 3 unspecified atom stereocenters. The topological polar surface area (TPSA) is 55.4 Å². The largest absolute Gasteiger partial charge is 0.483 e. The molecule has 0 aliphatic heterocycles. The van der Waals surface area contributed by atoms with Crippen molar-refractivity contribution in [3.05, 3.63) is 29.8 Å². The van der Waals surface area contributed by atoms with Gasteiger partial charge in [-0.05, 0) is 36.0 Å². The van der Waals surface area contributed by atoms with Gasteiger partial charge in [-0.1, -0.05) is 45.7 Å². The maximum Gasteiger partial charge on any atom is 0.219 e. The maximum absolute atomic E-state index is 11.2. The number of hydrogen-bond acceptors (Lipinski definition) is 3. The van der Waals surface area contributed by atoms with Gasteiger partial charge >= 0.3 is 0 Å². The van der Waals surface area contributed by atoms with Gasteiger partial charge in [0.15, 0.2) is 12.4 Å². The van der Waals surface area contributed by atoms with Crippen LogP contribution in [0.15, 0.2) is 24.3 Å². The fourth-order valence-electron chi connectivity index (χ4n) is 2.61. The van der Waals surface area contributed by atoms with Crippen LogP contribution in [0.2, 0.25) is 0 Å². The average molecular weight is 319 g/mol. The van der Waals surface area contributed by atoms with Crippen molar-refractivity contribution in [2.75, 3.05) is 7.05 Å². The summed E-state index contributed by atoms with van der Waals surface area (Å²) in [5.74, 6) is 1.72. The zero-order chi connectivity index (χ0) is 17.2. The summed E-state index contributed by atoms with van der Waals surface area (Å²) in [4.78, 5) is 22.3. The van der Waals surface area contributed by atoms with Crippen LogP contribution in [0.3, 0.4) is 0 Å². The van der Waals surface area contributed by atoms with Crippen molar-refractivity contribution in [1.29, 1.82) is 0 Å². The first-order valence-electron chi connectivity index (χ1n) is 8.44. The van der Waals surface area contributed by atoms with Gasteiger partial charge in [0.05, 0.1) is 0 Å². The van der Waals surface area contributed by atoms with Gasteiger partial charge in [-0.25, -0.2) is 0 Å². The summed E-state index contributed by atoms with van der Waals surface area (Å²) >= 11 is 0. The van der Waals surface area contributed by atoms with Crippen molar-refractivity contribution < 1.29 is 14.3 Å². The number of amides is 1. The molecule has 1 amide bonds. The number of carbonyl (C=O) groups is 2. The van der Waals surface area contributed by atoms with Crippen molar-refractivity contribution in [2.24, 2.45) is 5.92 Å². The maximum atomic E-state index is 11.2.